The van der Waals surface area contributed by atoms with Gasteiger partial charge in [0, 0.05) is 19.0 Å². The number of amides is 1. The van der Waals surface area contributed by atoms with Gasteiger partial charge < -0.3 is 14.8 Å². The first-order valence-electron chi connectivity index (χ1n) is 6.10. The second-order valence-electron chi connectivity index (χ2n) is 4.06. The molecule has 0 bridgehead atoms. The Morgan fingerprint density at radius 2 is 1.80 bits per heavy atom. The van der Waals surface area contributed by atoms with Gasteiger partial charge in [0.1, 0.15) is 6.61 Å². The molecule has 1 aromatic rings. The fourth-order valence-electron chi connectivity index (χ4n) is 1.42. The maximum Gasteiger partial charge on any atom is 0.307 e. The molecule has 0 spiro atoms. The smallest absolute Gasteiger partial charge is 0.307 e. The van der Waals surface area contributed by atoms with E-state index >= 15 is 0 Å². The minimum Gasteiger partial charge on any atom is -0.469 e. The van der Waals surface area contributed by atoms with E-state index in [0.717, 1.165) is 5.56 Å². The first kappa shape index (κ1) is 15.7. The van der Waals surface area contributed by atoms with Crippen LogP contribution in [0.15, 0.2) is 24.3 Å². The van der Waals surface area contributed by atoms with E-state index in [2.05, 4.69) is 10.1 Å². The van der Waals surface area contributed by atoms with E-state index in [9.17, 15) is 14.4 Å². The lowest BCUT2D eigenvalue weighted by molar-refractivity contribution is -0.142. The van der Waals surface area contributed by atoms with E-state index in [-0.39, 0.29) is 37.4 Å². The highest BCUT2D eigenvalue weighted by atomic mass is 16.5. The van der Waals surface area contributed by atoms with Crippen molar-refractivity contribution in [2.75, 3.05) is 13.7 Å². The largest absolute Gasteiger partial charge is 0.469 e. The van der Waals surface area contributed by atoms with Gasteiger partial charge in [0.05, 0.1) is 13.5 Å². The quantitative estimate of drug-likeness (QED) is 0.787. The fourth-order valence-corrected chi connectivity index (χ4v) is 1.42. The van der Waals surface area contributed by atoms with Crippen molar-refractivity contribution in [1.82, 2.24) is 5.32 Å². The van der Waals surface area contributed by atoms with E-state index in [1.807, 2.05) is 0 Å². The number of ether oxygens (including phenoxy) is 2. The molecular formula is C14H17NO5. The molecule has 1 aromatic carbocycles. The topological polar surface area (TPSA) is 81.7 Å². The Balaban J connectivity index is 2.44. The fraction of sp³-hybridized carbons (Fsp3) is 0.357. The molecule has 0 aromatic heterocycles. The van der Waals surface area contributed by atoms with Crippen molar-refractivity contribution in [2.24, 2.45) is 0 Å². The number of rotatable bonds is 6. The Morgan fingerprint density at radius 3 is 2.35 bits per heavy atom. The van der Waals surface area contributed by atoms with Crippen molar-refractivity contribution in [3.63, 3.8) is 0 Å². The molecule has 0 heterocycles. The summed E-state index contributed by atoms with van der Waals surface area (Å²) in [5.74, 6) is -0.996. The predicted octanol–water partition coefficient (Wildman–Crippen LogP) is 1.04. The molecule has 108 valence electrons. The van der Waals surface area contributed by atoms with Gasteiger partial charge in [-0.15, -0.1) is 0 Å². The van der Waals surface area contributed by atoms with Gasteiger partial charge in [-0.05, 0) is 17.7 Å². The molecule has 0 radical (unpaired) electrons. The lowest BCUT2D eigenvalue weighted by Crippen LogP contribution is -2.26. The summed E-state index contributed by atoms with van der Waals surface area (Å²) in [7, 11) is 1.30. The third-order valence-electron chi connectivity index (χ3n) is 2.50. The van der Waals surface area contributed by atoms with Gasteiger partial charge in [-0.1, -0.05) is 12.1 Å². The minimum absolute atomic E-state index is 0.132. The maximum absolute atomic E-state index is 11.7. The summed E-state index contributed by atoms with van der Waals surface area (Å²) in [6, 6.07) is 6.68. The van der Waals surface area contributed by atoms with Crippen LogP contribution in [0.4, 0.5) is 0 Å². The summed E-state index contributed by atoms with van der Waals surface area (Å²) >= 11 is 0. The zero-order chi connectivity index (χ0) is 15.0. The van der Waals surface area contributed by atoms with Crippen molar-refractivity contribution in [3.05, 3.63) is 35.4 Å². The van der Waals surface area contributed by atoms with Gasteiger partial charge in [-0.25, -0.2) is 0 Å². The second kappa shape index (κ2) is 7.93. The monoisotopic (exact) mass is 279 g/mol. The summed E-state index contributed by atoms with van der Waals surface area (Å²) in [6.45, 7) is 1.74. The molecule has 0 atom stereocenters. The van der Waals surface area contributed by atoms with E-state index in [4.69, 9.17) is 4.74 Å². The van der Waals surface area contributed by atoms with Crippen molar-refractivity contribution in [2.45, 2.75) is 20.0 Å². The molecule has 0 aliphatic carbocycles. The molecule has 0 fully saturated rings. The lowest BCUT2D eigenvalue weighted by atomic mass is 10.1. The van der Waals surface area contributed by atoms with E-state index in [1.165, 1.54) is 14.0 Å². The molecule has 1 rings (SSSR count). The van der Waals surface area contributed by atoms with Crippen molar-refractivity contribution < 1.29 is 23.9 Å². The summed E-state index contributed by atoms with van der Waals surface area (Å²) in [5, 5.41) is 2.61. The molecule has 0 aliphatic heterocycles. The van der Waals surface area contributed by atoms with E-state index < -0.39 is 0 Å². The molecule has 1 N–H and O–H groups in total. The Labute approximate surface area is 117 Å². The van der Waals surface area contributed by atoms with Crippen LogP contribution >= 0.6 is 0 Å². The van der Waals surface area contributed by atoms with Gasteiger partial charge in [0.2, 0.25) is 0 Å². The summed E-state index contributed by atoms with van der Waals surface area (Å²) in [4.78, 5) is 33.3. The molecule has 0 saturated heterocycles. The van der Waals surface area contributed by atoms with E-state index in [1.54, 1.807) is 24.3 Å². The molecule has 6 nitrogen and oxygen atoms in total. The highest BCUT2D eigenvalue weighted by molar-refractivity contribution is 5.94. The Kier molecular flexibility index (Phi) is 6.22. The van der Waals surface area contributed by atoms with Gasteiger partial charge >= 0.3 is 11.9 Å². The first-order chi connectivity index (χ1) is 9.52. The highest BCUT2D eigenvalue weighted by Crippen LogP contribution is 2.06. The normalized spacial score (nSPS) is 9.70. The van der Waals surface area contributed by atoms with E-state index in [0.29, 0.717) is 5.56 Å². The molecule has 1 amide bonds. The van der Waals surface area contributed by atoms with Gasteiger partial charge in [-0.2, -0.15) is 0 Å². The van der Waals surface area contributed by atoms with Crippen molar-refractivity contribution in [3.8, 4) is 0 Å². The molecule has 0 aliphatic rings. The van der Waals surface area contributed by atoms with Crippen LogP contribution < -0.4 is 5.32 Å². The highest BCUT2D eigenvalue weighted by Gasteiger charge is 2.07. The standard InChI is InChI=1S/C14H17NO5/c1-10(16)20-9-11-3-5-12(6-4-11)14(18)15-8-7-13(17)19-2/h3-6H,7-9H2,1-2H3,(H,15,18). The number of benzene rings is 1. The summed E-state index contributed by atoms with van der Waals surface area (Å²) in [6.07, 6.45) is 0.132. The number of carbonyl (C=O) groups excluding carboxylic acids is 3. The molecule has 0 unspecified atom stereocenters. The van der Waals surface area contributed by atoms with Gasteiger partial charge in [0.15, 0.2) is 0 Å². The van der Waals surface area contributed by atoms with Crippen LogP contribution in [-0.2, 0) is 25.7 Å². The lowest BCUT2D eigenvalue weighted by Gasteiger charge is -2.06. The Bertz CT molecular complexity index is 481. The number of hydrogen-bond donors (Lipinski definition) is 1. The molecular weight excluding hydrogens is 262 g/mol. The molecule has 20 heavy (non-hydrogen) atoms. The second-order valence-corrected chi connectivity index (χ2v) is 4.06. The Hall–Kier alpha value is -2.37. The first-order valence-corrected chi connectivity index (χ1v) is 6.10. The van der Waals surface area contributed by atoms with Crippen LogP contribution in [0.2, 0.25) is 0 Å². The molecule has 0 saturated carbocycles. The number of esters is 2. The van der Waals surface area contributed by atoms with Crippen LogP contribution in [-0.4, -0.2) is 31.5 Å². The Morgan fingerprint density at radius 1 is 1.15 bits per heavy atom. The van der Waals surface area contributed by atoms with Crippen LogP contribution in [0.3, 0.4) is 0 Å². The predicted molar refractivity (Wildman–Crippen MR) is 70.9 cm³/mol. The van der Waals surface area contributed by atoms with Gasteiger partial charge in [-0.3, -0.25) is 14.4 Å². The zero-order valence-electron chi connectivity index (χ0n) is 11.5. The molecule has 6 heteroatoms. The summed E-state index contributed by atoms with van der Waals surface area (Å²) < 4.78 is 9.31. The van der Waals surface area contributed by atoms with Crippen molar-refractivity contribution >= 4 is 17.8 Å². The average molecular weight is 279 g/mol. The zero-order valence-corrected chi connectivity index (χ0v) is 11.5. The number of hydrogen-bond acceptors (Lipinski definition) is 5. The third kappa shape index (κ3) is 5.51. The van der Waals surface area contributed by atoms with Crippen molar-refractivity contribution in [1.29, 1.82) is 0 Å². The van der Waals surface area contributed by atoms with Crippen LogP contribution in [0.5, 0.6) is 0 Å². The van der Waals surface area contributed by atoms with Crippen LogP contribution in [0, 0.1) is 0 Å². The summed E-state index contributed by atoms with van der Waals surface area (Å²) in [5.41, 5.74) is 1.27. The van der Waals surface area contributed by atoms with Gasteiger partial charge in [0.25, 0.3) is 5.91 Å². The maximum atomic E-state index is 11.7. The number of methoxy groups -OCH3 is 1. The third-order valence-corrected chi connectivity index (χ3v) is 2.50. The number of carbonyl (C=O) groups is 3. The van der Waals surface area contributed by atoms with Crippen LogP contribution in [0.1, 0.15) is 29.3 Å². The van der Waals surface area contributed by atoms with Crippen LogP contribution in [0.25, 0.3) is 0 Å². The SMILES string of the molecule is COC(=O)CCNC(=O)c1ccc(COC(C)=O)cc1. The average Bonchev–Trinajstić information content (AvgIpc) is 2.45. The number of nitrogens with one attached hydrogen (secondary N) is 1. The minimum atomic E-state index is -0.373.